The van der Waals surface area contributed by atoms with Crippen LogP contribution >= 0.6 is 11.6 Å². The van der Waals surface area contributed by atoms with Gasteiger partial charge < -0.3 is 10.1 Å². The number of nitrogens with one attached hydrogen (secondary N) is 1. The number of amides is 1. The van der Waals surface area contributed by atoms with Crippen molar-refractivity contribution in [1.29, 1.82) is 0 Å². The van der Waals surface area contributed by atoms with Crippen LogP contribution in [0.3, 0.4) is 0 Å². The largest absolute Gasteiger partial charge is 0.468 e. The predicted molar refractivity (Wildman–Crippen MR) is 78.8 cm³/mol. The van der Waals surface area contributed by atoms with Crippen LogP contribution in [0.1, 0.15) is 13.8 Å². The second-order valence-corrected chi connectivity index (χ2v) is 5.52. The number of methoxy groups -OCH3 is 1. The molecule has 1 amide bonds. The summed E-state index contributed by atoms with van der Waals surface area (Å²) in [5, 5.41) is 2.73. The molecule has 116 valence electrons. The molecule has 1 rings (SSSR count). The summed E-state index contributed by atoms with van der Waals surface area (Å²) in [7, 11) is 2.88. The van der Waals surface area contributed by atoms with Gasteiger partial charge >= 0.3 is 5.97 Å². The Morgan fingerprint density at radius 1 is 1.43 bits per heavy atom. The molecule has 1 N–H and O–H groups in total. The number of likely N-dealkylation sites (N-methyl/N-ethyl adjacent to an activating group) is 1. The van der Waals surface area contributed by atoms with Crippen molar-refractivity contribution in [3.63, 3.8) is 0 Å². The molecule has 0 aliphatic carbocycles. The first-order valence-corrected chi connectivity index (χ1v) is 6.61. The number of carbonyl (C=O) groups excluding carboxylic acids is 2. The molecule has 0 unspecified atom stereocenters. The fourth-order valence-corrected chi connectivity index (χ4v) is 1.77. The van der Waals surface area contributed by atoms with Gasteiger partial charge in [0.25, 0.3) is 0 Å². The van der Waals surface area contributed by atoms with Gasteiger partial charge in [0.15, 0.2) is 0 Å². The molecule has 0 spiro atoms. The molecule has 0 aromatic heterocycles. The zero-order chi connectivity index (χ0) is 16.2. The van der Waals surface area contributed by atoms with E-state index in [9.17, 15) is 14.0 Å². The highest BCUT2D eigenvalue weighted by atomic mass is 35.5. The first kappa shape index (κ1) is 17.4. The summed E-state index contributed by atoms with van der Waals surface area (Å²) in [6, 6.07) is 3.87. The Morgan fingerprint density at radius 2 is 2.05 bits per heavy atom. The molecule has 0 bridgehead atoms. The second kappa shape index (κ2) is 6.87. The molecule has 0 aliphatic rings. The van der Waals surface area contributed by atoms with Crippen LogP contribution in [0.4, 0.5) is 10.1 Å². The van der Waals surface area contributed by atoms with Crippen molar-refractivity contribution in [3.05, 3.63) is 29.0 Å². The molecule has 0 aliphatic heterocycles. The Morgan fingerprint density at radius 3 is 2.62 bits per heavy atom. The normalized spacial score (nSPS) is 11.4. The first-order valence-electron chi connectivity index (χ1n) is 6.23. The third-order valence-electron chi connectivity index (χ3n) is 3.22. The van der Waals surface area contributed by atoms with Crippen molar-refractivity contribution in [1.82, 2.24) is 4.90 Å². The minimum absolute atomic E-state index is 0.00299. The van der Waals surface area contributed by atoms with Crippen LogP contribution in [0.5, 0.6) is 0 Å². The molecule has 0 heterocycles. The molecule has 0 saturated carbocycles. The number of hydrogen-bond donors (Lipinski definition) is 1. The van der Waals surface area contributed by atoms with Crippen LogP contribution in [0, 0.1) is 5.82 Å². The molecule has 1 aromatic carbocycles. The Kier molecular flexibility index (Phi) is 5.69. The standard InChI is InChI=1S/C14H18ClFN2O3/c1-14(2,13(20)21-4)18(3)8-12(19)17-11-7-9(15)5-6-10(11)16/h5-7H,8H2,1-4H3,(H,17,19). The number of benzene rings is 1. The number of carbonyl (C=O) groups is 2. The highest BCUT2D eigenvalue weighted by molar-refractivity contribution is 6.30. The third-order valence-corrected chi connectivity index (χ3v) is 3.46. The van der Waals surface area contributed by atoms with Gasteiger partial charge in [-0.1, -0.05) is 11.6 Å². The minimum atomic E-state index is -0.973. The molecule has 5 nitrogen and oxygen atoms in total. The number of anilines is 1. The molecule has 0 fully saturated rings. The van der Waals surface area contributed by atoms with E-state index < -0.39 is 23.2 Å². The Hall–Kier alpha value is -1.66. The van der Waals surface area contributed by atoms with Gasteiger partial charge in [-0.05, 0) is 39.1 Å². The fourth-order valence-electron chi connectivity index (χ4n) is 1.60. The average molecular weight is 317 g/mol. The summed E-state index contributed by atoms with van der Waals surface area (Å²) in [6.07, 6.45) is 0. The molecule has 0 radical (unpaired) electrons. The van der Waals surface area contributed by atoms with E-state index in [-0.39, 0.29) is 12.2 Å². The second-order valence-electron chi connectivity index (χ2n) is 5.08. The van der Waals surface area contributed by atoms with E-state index in [1.807, 2.05) is 0 Å². The van der Waals surface area contributed by atoms with Gasteiger partial charge in [0.1, 0.15) is 11.4 Å². The molecule has 0 saturated heterocycles. The molecule has 7 heteroatoms. The summed E-state index contributed by atoms with van der Waals surface area (Å²) >= 11 is 5.75. The molecule has 1 aromatic rings. The van der Waals surface area contributed by atoms with E-state index in [2.05, 4.69) is 10.1 Å². The summed E-state index contributed by atoms with van der Waals surface area (Å²) in [4.78, 5) is 25.1. The maximum absolute atomic E-state index is 13.5. The fraction of sp³-hybridized carbons (Fsp3) is 0.429. The zero-order valence-electron chi connectivity index (χ0n) is 12.4. The number of esters is 1. The smallest absolute Gasteiger partial charge is 0.325 e. The van der Waals surface area contributed by atoms with Gasteiger partial charge in [0, 0.05) is 5.02 Å². The van der Waals surface area contributed by atoms with Crippen molar-refractivity contribution in [3.8, 4) is 0 Å². The zero-order valence-corrected chi connectivity index (χ0v) is 13.1. The number of nitrogens with zero attached hydrogens (tertiary/aromatic N) is 1. The summed E-state index contributed by atoms with van der Waals surface area (Å²) in [5.41, 5.74) is -0.976. The van der Waals surface area contributed by atoms with Crippen molar-refractivity contribution in [2.24, 2.45) is 0 Å². The van der Waals surface area contributed by atoms with Gasteiger partial charge in [-0.15, -0.1) is 0 Å². The van der Waals surface area contributed by atoms with Crippen LogP contribution in [-0.4, -0.2) is 43.0 Å². The molecular weight excluding hydrogens is 299 g/mol. The van der Waals surface area contributed by atoms with Gasteiger partial charge in [0.2, 0.25) is 5.91 Å². The lowest BCUT2D eigenvalue weighted by Gasteiger charge is -2.32. The first-order chi connectivity index (χ1) is 9.68. The maximum Gasteiger partial charge on any atom is 0.325 e. The third kappa shape index (κ3) is 4.41. The Balaban J connectivity index is 2.73. The number of rotatable bonds is 5. The van der Waals surface area contributed by atoms with Gasteiger partial charge in [-0.3, -0.25) is 14.5 Å². The summed E-state index contributed by atoms with van der Waals surface area (Å²) in [5.74, 6) is -1.51. The minimum Gasteiger partial charge on any atom is -0.468 e. The van der Waals surface area contributed by atoms with Crippen LogP contribution in [0.25, 0.3) is 0 Å². The van der Waals surface area contributed by atoms with Gasteiger partial charge in [-0.25, -0.2) is 4.39 Å². The van der Waals surface area contributed by atoms with E-state index in [0.29, 0.717) is 5.02 Å². The van der Waals surface area contributed by atoms with Crippen molar-refractivity contribution >= 4 is 29.2 Å². The quantitative estimate of drug-likeness (QED) is 0.847. The monoisotopic (exact) mass is 316 g/mol. The van der Waals surface area contributed by atoms with Crippen LogP contribution in [-0.2, 0) is 14.3 Å². The van der Waals surface area contributed by atoms with Gasteiger partial charge in [0.05, 0.1) is 19.3 Å². The number of hydrogen-bond acceptors (Lipinski definition) is 4. The van der Waals surface area contributed by atoms with E-state index in [0.717, 1.165) is 0 Å². The van der Waals surface area contributed by atoms with Crippen molar-refractivity contribution in [2.45, 2.75) is 19.4 Å². The highest BCUT2D eigenvalue weighted by Crippen LogP contribution is 2.20. The lowest BCUT2D eigenvalue weighted by Crippen LogP contribution is -2.51. The van der Waals surface area contributed by atoms with E-state index in [1.165, 1.54) is 30.2 Å². The van der Waals surface area contributed by atoms with E-state index in [1.54, 1.807) is 20.9 Å². The highest BCUT2D eigenvalue weighted by Gasteiger charge is 2.34. The molecule has 0 atom stereocenters. The Bertz CT molecular complexity index is 549. The van der Waals surface area contributed by atoms with Crippen LogP contribution < -0.4 is 5.32 Å². The molecular formula is C14H18ClFN2O3. The van der Waals surface area contributed by atoms with Crippen LogP contribution in [0.15, 0.2) is 18.2 Å². The maximum atomic E-state index is 13.5. The van der Waals surface area contributed by atoms with Gasteiger partial charge in [-0.2, -0.15) is 0 Å². The lowest BCUT2D eigenvalue weighted by molar-refractivity contribution is -0.152. The van der Waals surface area contributed by atoms with E-state index >= 15 is 0 Å². The lowest BCUT2D eigenvalue weighted by atomic mass is 10.0. The SMILES string of the molecule is COC(=O)C(C)(C)N(C)CC(=O)Nc1cc(Cl)ccc1F. The number of halogens is 2. The number of ether oxygens (including phenoxy) is 1. The summed E-state index contributed by atoms with van der Waals surface area (Å²) < 4.78 is 18.2. The van der Waals surface area contributed by atoms with E-state index in [4.69, 9.17) is 11.6 Å². The summed E-state index contributed by atoms with van der Waals surface area (Å²) in [6.45, 7) is 3.16. The van der Waals surface area contributed by atoms with Crippen LogP contribution in [0.2, 0.25) is 5.02 Å². The Labute approximate surface area is 128 Å². The van der Waals surface area contributed by atoms with Crippen molar-refractivity contribution < 1.29 is 18.7 Å². The van der Waals surface area contributed by atoms with Crippen molar-refractivity contribution in [2.75, 3.05) is 26.0 Å². The predicted octanol–water partition coefficient (Wildman–Crippen LogP) is 2.30. The topological polar surface area (TPSA) is 58.6 Å². The molecule has 21 heavy (non-hydrogen) atoms. The average Bonchev–Trinajstić information content (AvgIpc) is 2.41.